The second-order valence-corrected chi connectivity index (χ2v) is 7.38. The lowest BCUT2D eigenvalue weighted by molar-refractivity contribution is 0.0523. The number of benzene rings is 1. The van der Waals surface area contributed by atoms with Crippen LogP contribution in [-0.2, 0) is 16.0 Å². The fraction of sp³-hybridized carbons (Fsp3) is 0.208. The average Bonchev–Trinajstić information content (AvgIpc) is 2.85. The van der Waals surface area contributed by atoms with Gasteiger partial charge in [0.1, 0.15) is 16.9 Å². The first kappa shape index (κ1) is 23.9. The van der Waals surface area contributed by atoms with Crippen LogP contribution >= 0.6 is 0 Å². The van der Waals surface area contributed by atoms with Crippen molar-refractivity contribution < 1.29 is 27.8 Å². The highest BCUT2D eigenvalue weighted by Gasteiger charge is 2.20. The van der Waals surface area contributed by atoms with Crippen LogP contribution < -0.4 is 11.0 Å². The quantitative estimate of drug-likeness (QED) is 0.309. The van der Waals surface area contributed by atoms with E-state index in [-0.39, 0.29) is 47.4 Å². The fourth-order valence-electron chi connectivity index (χ4n) is 3.54. The van der Waals surface area contributed by atoms with Crippen LogP contribution in [0.5, 0.6) is 0 Å². The fourth-order valence-corrected chi connectivity index (χ4v) is 3.54. The third kappa shape index (κ3) is 4.58. The number of amides is 1. The van der Waals surface area contributed by atoms with Crippen LogP contribution in [0.15, 0.2) is 58.4 Å². The molecule has 11 heteroatoms. The summed E-state index contributed by atoms with van der Waals surface area (Å²) >= 11 is 0. The Bertz CT molecular complexity index is 1590. The average molecular weight is 482 g/mol. The maximum atomic E-state index is 13.7. The Balaban J connectivity index is 2.10. The topological polar surface area (TPSA) is 104 Å². The Morgan fingerprint density at radius 3 is 2.63 bits per heavy atom. The highest BCUT2D eigenvalue weighted by atomic mass is 19.2. The van der Waals surface area contributed by atoms with Gasteiger partial charge in [-0.1, -0.05) is 6.07 Å². The molecular weight excluding hydrogens is 462 g/mol. The van der Waals surface area contributed by atoms with Gasteiger partial charge in [-0.3, -0.25) is 14.0 Å². The minimum absolute atomic E-state index is 0.0282. The van der Waals surface area contributed by atoms with Crippen LogP contribution in [0, 0.1) is 11.6 Å². The van der Waals surface area contributed by atoms with E-state index in [2.05, 4.69) is 9.98 Å². The van der Waals surface area contributed by atoms with Crippen LogP contribution in [0.1, 0.15) is 27.6 Å². The molecule has 35 heavy (non-hydrogen) atoms. The number of carbonyl (C=O) groups is 2. The number of hydrogen-bond acceptors (Lipinski definition) is 6. The molecule has 0 atom stereocenters. The number of aromatic nitrogens is 3. The summed E-state index contributed by atoms with van der Waals surface area (Å²) in [4.78, 5) is 47.6. The van der Waals surface area contributed by atoms with E-state index in [4.69, 9.17) is 9.47 Å². The highest BCUT2D eigenvalue weighted by Crippen LogP contribution is 2.13. The molecule has 180 valence electrons. The molecule has 3 heterocycles. The third-order valence-electron chi connectivity index (χ3n) is 5.18. The van der Waals surface area contributed by atoms with Gasteiger partial charge < -0.3 is 14.0 Å². The van der Waals surface area contributed by atoms with Gasteiger partial charge in [-0.25, -0.2) is 18.6 Å². The summed E-state index contributed by atoms with van der Waals surface area (Å²) in [7, 11) is 1.46. The Hall–Kier alpha value is -4.25. The number of rotatable bonds is 6. The number of pyridine rings is 2. The van der Waals surface area contributed by atoms with Crippen LogP contribution in [0.25, 0.3) is 16.7 Å². The van der Waals surface area contributed by atoms with Crippen molar-refractivity contribution in [2.75, 3.05) is 20.3 Å². The molecule has 0 saturated carbocycles. The monoisotopic (exact) mass is 482 g/mol. The third-order valence-corrected chi connectivity index (χ3v) is 5.18. The van der Waals surface area contributed by atoms with E-state index in [1.807, 2.05) is 0 Å². The number of carbonyl (C=O) groups excluding carboxylic acids is 2. The van der Waals surface area contributed by atoms with Gasteiger partial charge in [-0.2, -0.15) is 4.99 Å². The molecule has 4 aromatic rings. The summed E-state index contributed by atoms with van der Waals surface area (Å²) < 4.78 is 40.1. The molecule has 0 saturated heterocycles. The number of esters is 1. The van der Waals surface area contributed by atoms with Crippen molar-refractivity contribution in [3.8, 4) is 0 Å². The molecular formula is C24H20F2N4O5. The molecule has 0 fully saturated rings. The zero-order chi connectivity index (χ0) is 25.1. The Morgan fingerprint density at radius 1 is 1.11 bits per heavy atom. The number of fused-ring (bicyclic) bond motifs is 2. The summed E-state index contributed by atoms with van der Waals surface area (Å²) in [6.45, 7) is 1.83. The zero-order valence-electron chi connectivity index (χ0n) is 18.8. The highest BCUT2D eigenvalue weighted by molar-refractivity contribution is 5.97. The van der Waals surface area contributed by atoms with Gasteiger partial charge in [-0.15, -0.1) is 0 Å². The molecule has 1 aromatic carbocycles. The second-order valence-electron chi connectivity index (χ2n) is 7.38. The van der Waals surface area contributed by atoms with Gasteiger partial charge in [0.05, 0.1) is 18.6 Å². The number of hydrogen-bond donors (Lipinski definition) is 0. The number of ether oxygens (including phenoxy) is 2. The van der Waals surface area contributed by atoms with E-state index in [0.29, 0.717) is 11.7 Å². The molecule has 0 aliphatic carbocycles. The minimum Gasteiger partial charge on any atom is -0.462 e. The van der Waals surface area contributed by atoms with E-state index in [0.717, 1.165) is 12.1 Å². The first-order valence-corrected chi connectivity index (χ1v) is 10.6. The Kier molecular flexibility index (Phi) is 6.78. The molecule has 0 N–H and O–H groups in total. The first-order chi connectivity index (χ1) is 16.8. The maximum Gasteiger partial charge on any atom is 0.341 e. The SMILES string of the molecule is CCOC(=O)c1cc2c(=O)n3ccccc3nc2n(CCOC)c1=NC(=O)c1ccc(F)c(F)c1. The first-order valence-electron chi connectivity index (χ1n) is 10.6. The summed E-state index contributed by atoms with van der Waals surface area (Å²) in [6.07, 6.45) is 1.54. The molecule has 1 amide bonds. The van der Waals surface area contributed by atoms with Gasteiger partial charge in [0.25, 0.3) is 11.5 Å². The van der Waals surface area contributed by atoms with E-state index >= 15 is 0 Å². The number of nitrogens with zero attached hydrogens (tertiary/aromatic N) is 4. The van der Waals surface area contributed by atoms with Crippen molar-refractivity contribution in [1.29, 1.82) is 0 Å². The summed E-state index contributed by atoms with van der Waals surface area (Å²) in [5, 5.41) is 0.0899. The van der Waals surface area contributed by atoms with Gasteiger partial charge in [-0.05, 0) is 43.3 Å². The Morgan fingerprint density at radius 2 is 1.91 bits per heavy atom. The minimum atomic E-state index is -1.22. The van der Waals surface area contributed by atoms with E-state index in [1.165, 1.54) is 22.1 Å². The van der Waals surface area contributed by atoms with E-state index in [1.54, 1.807) is 31.3 Å². The van der Waals surface area contributed by atoms with E-state index < -0.39 is 29.1 Å². The van der Waals surface area contributed by atoms with Crippen LogP contribution in [-0.4, -0.2) is 46.2 Å². The molecule has 0 bridgehead atoms. The van der Waals surface area contributed by atoms with Crippen LogP contribution in [0.2, 0.25) is 0 Å². The standard InChI is InChI=1S/C24H20F2N4O5/c1-3-35-24(33)16-13-15-20(27-19-6-4-5-9-29(19)23(15)32)30(10-11-34-2)21(16)28-22(31)14-7-8-17(25)18(26)12-14/h4-9,12-13H,3,10-11H2,1-2H3. The van der Waals surface area contributed by atoms with Gasteiger partial charge in [0.15, 0.2) is 17.1 Å². The maximum absolute atomic E-state index is 13.7. The smallest absolute Gasteiger partial charge is 0.341 e. The molecule has 0 unspecified atom stereocenters. The summed E-state index contributed by atoms with van der Waals surface area (Å²) in [6, 6.07) is 8.86. The van der Waals surface area contributed by atoms with Crippen molar-refractivity contribution in [2.45, 2.75) is 13.5 Å². The lowest BCUT2D eigenvalue weighted by Crippen LogP contribution is -2.33. The largest absolute Gasteiger partial charge is 0.462 e. The molecule has 0 aliphatic heterocycles. The lowest BCUT2D eigenvalue weighted by Gasteiger charge is -2.15. The second kappa shape index (κ2) is 9.94. The predicted octanol–water partition coefficient (Wildman–Crippen LogP) is 2.49. The number of methoxy groups -OCH3 is 1. The van der Waals surface area contributed by atoms with Gasteiger partial charge in [0.2, 0.25) is 0 Å². The zero-order valence-corrected chi connectivity index (χ0v) is 18.8. The predicted molar refractivity (Wildman–Crippen MR) is 121 cm³/mol. The summed E-state index contributed by atoms with van der Waals surface area (Å²) in [5.41, 5.74) is -0.512. The lowest BCUT2D eigenvalue weighted by atomic mass is 10.2. The van der Waals surface area contributed by atoms with Gasteiger partial charge >= 0.3 is 5.97 Å². The molecule has 0 spiro atoms. The molecule has 3 aromatic heterocycles. The normalized spacial score (nSPS) is 11.8. The van der Waals surface area contributed by atoms with Gasteiger partial charge in [0, 0.05) is 25.4 Å². The molecule has 4 rings (SSSR count). The van der Waals surface area contributed by atoms with Crippen molar-refractivity contribution in [3.05, 3.63) is 87.3 Å². The Labute approximate surface area is 196 Å². The van der Waals surface area contributed by atoms with Crippen molar-refractivity contribution in [3.63, 3.8) is 0 Å². The van der Waals surface area contributed by atoms with Crippen LogP contribution in [0.3, 0.4) is 0 Å². The van der Waals surface area contributed by atoms with E-state index in [9.17, 15) is 23.2 Å². The van der Waals surface area contributed by atoms with Crippen molar-refractivity contribution >= 4 is 28.6 Å². The van der Waals surface area contributed by atoms with Crippen LogP contribution in [0.4, 0.5) is 8.78 Å². The summed E-state index contributed by atoms with van der Waals surface area (Å²) in [5.74, 6) is -4.10. The molecule has 0 aliphatic rings. The molecule has 0 radical (unpaired) electrons. The number of halogens is 2. The van der Waals surface area contributed by atoms with Crippen molar-refractivity contribution in [1.82, 2.24) is 14.0 Å². The molecule has 9 nitrogen and oxygen atoms in total. The van der Waals surface area contributed by atoms with Crippen molar-refractivity contribution in [2.24, 2.45) is 4.99 Å².